The average molecular weight is 285 g/mol. The van der Waals surface area contributed by atoms with E-state index in [0.717, 1.165) is 5.56 Å². The lowest BCUT2D eigenvalue weighted by atomic mass is 10.2. The van der Waals surface area contributed by atoms with Crippen molar-refractivity contribution in [2.75, 3.05) is 11.9 Å². The molecule has 0 spiro atoms. The van der Waals surface area contributed by atoms with E-state index in [-0.39, 0.29) is 18.6 Å². The van der Waals surface area contributed by atoms with Crippen LogP contribution in [0.5, 0.6) is 0 Å². The maximum absolute atomic E-state index is 12.2. The van der Waals surface area contributed by atoms with Crippen molar-refractivity contribution < 1.29 is 9.90 Å². The first kappa shape index (κ1) is 15.8. The van der Waals surface area contributed by atoms with Crippen molar-refractivity contribution in [3.8, 4) is 0 Å². The predicted molar refractivity (Wildman–Crippen MR) is 78.7 cm³/mol. The van der Waals surface area contributed by atoms with Crippen LogP contribution in [0.1, 0.15) is 26.3 Å². The molecule has 0 aliphatic carbocycles. The van der Waals surface area contributed by atoms with E-state index in [2.05, 4.69) is 5.32 Å². The Morgan fingerprint density at radius 2 is 2.05 bits per heavy atom. The van der Waals surface area contributed by atoms with Gasteiger partial charge in [0.25, 0.3) is 0 Å². The van der Waals surface area contributed by atoms with E-state index in [1.165, 1.54) is 0 Å². The van der Waals surface area contributed by atoms with Crippen molar-refractivity contribution in [3.63, 3.8) is 0 Å². The van der Waals surface area contributed by atoms with Gasteiger partial charge in [0.05, 0.1) is 16.8 Å². The maximum Gasteiger partial charge on any atom is 0.322 e. The summed E-state index contributed by atoms with van der Waals surface area (Å²) in [7, 11) is 0. The third-order valence-corrected chi connectivity index (χ3v) is 3.28. The summed E-state index contributed by atoms with van der Waals surface area (Å²) >= 11 is 6.14. The van der Waals surface area contributed by atoms with Gasteiger partial charge in [-0.25, -0.2) is 4.79 Å². The Hall–Kier alpha value is -1.26. The molecule has 0 aliphatic heterocycles. The number of aliphatic hydroxyl groups excluding tert-OH is 1. The number of benzene rings is 1. The van der Waals surface area contributed by atoms with Crippen molar-refractivity contribution in [2.45, 2.75) is 39.8 Å². The van der Waals surface area contributed by atoms with E-state index in [1.54, 1.807) is 17.9 Å². The Bertz CT molecular complexity index is 447. The topological polar surface area (TPSA) is 52.6 Å². The van der Waals surface area contributed by atoms with Crippen molar-refractivity contribution in [1.29, 1.82) is 0 Å². The van der Waals surface area contributed by atoms with Gasteiger partial charge >= 0.3 is 6.03 Å². The maximum atomic E-state index is 12.2. The van der Waals surface area contributed by atoms with Gasteiger partial charge in [-0.1, -0.05) is 23.7 Å². The van der Waals surface area contributed by atoms with Crippen LogP contribution in [0, 0.1) is 6.92 Å². The molecule has 1 aromatic carbocycles. The largest absolute Gasteiger partial charge is 0.392 e. The van der Waals surface area contributed by atoms with Crippen LogP contribution in [-0.2, 0) is 0 Å². The van der Waals surface area contributed by atoms with Gasteiger partial charge in [-0.3, -0.25) is 0 Å². The highest BCUT2D eigenvalue weighted by Crippen LogP contribution is 2.25. The third-order valence-electron chi connectivity index (χ3n) is 2.78. The Morgan fingerprint density at radius 1 is 1.42 bits per heavy atom. The number of hydrogen-bond donors (Lipinski definition) is 2. The number of rotatable bonds is 4. The third kappa shape index (κ3) is 4.40. The molecule has 2 amide bonds. The fourth-order valence-corrected chi connectivity index (χ4v) is 1.92. The molecule has 0 saturated heterocycles. The summed E-state index contributed by atoms with van der Waals surface area (Å²) in [5, 5.41) is 12.8. The van der Waals surface area contributed by atoms with Gasteiger partial charge in [0.15, 0.2) is 0 Å². The van der Waals surface area contributed by atoms with Crippen LogP contribution in [0.2, 0.25) is 5.02 Å². The van der Waals surface area contributed by atoms with E-state index >= 15 is 0 Å². The zero-order chi connectivity index (χ0) is 14.6. The lowest BCUT2D eigenvalue weighted by Crippen LogP contribution is -2.43. The molecule has 5 heteroatoms. The summed E-state index contributed by atoms with van der Waals surface area (Å²) in [6.07, 6.45) is -0.568. The minimum atomic E-state index is -0.568. The number of urea groups is 1. The molecule has 0 fully saturated rings. The molecule has 2 N–H and O–H groups in total. The molecule has 0 aromatic heterocycles. The molecule has 0 bridgehead atoms. The minimum absolute atomic E-state index is 0.00168. The van der Waals surface area contributed by atoms with Crippen molar-refractivity contribution in [3.05, 3.63) is 28.8 Å². The molecule has 1 atom stereocenters. The summed E-state index contributed by atoms with van der Waals surface area (Å²) in [6.45, 7) is 7.63. The number of carbonyl (C=O) groups is 1. The van der Waals surface area contributed by atoms with Gasteiger partial charge in [0, 0.05) is 12.6 Å². The molecule has 0 aliphatic rings. The molecule has 0 radical (unpaired) electrons. The Kier molecular flexibility index (Phi) is 5.63. The predicted octanol–water partition coefficient (Wildman–Crippen LogP) is 3.27. The average Bonchev–Trinajstić information content (AvgIpc) is 2.31. The number of hydrogen-bond acceptors (Lipinski definition) is 2. The molecule has 1 aromatic rings. The zero-order valence-electron chi connectivity index (χ0n) is 11.8. The fraction of sp³-hybridized carbons (Fsp3) is 0.500. The number of nitrogens with zero attached hydrogens (tertiary/aromatic N) is 1. The molecule has 106 valence electrons. The number of anilines is 1. The van der Waals surface area contributed by atoms with E-state index in [4.69, 9.17) is 11.6 Å². The van der Waals surface area contributed by atoms with Crippen LogP contribution >= 0.6 is 11.6 Å². The van der Waals surface area contributed by atoms with Gasteiger partial charge in [-0.15, -0.1) is 0 Å². The fourth-order valence-electron chi connectivity index (χ4n) is 1.74. The van der Waals surface area contributed by atoms with Crippen LogP contribution in [0.25, 0.3) is 0 Å². The smallest absolute Gasteiger partial charge is 0.322 e. The summed E-state index contributed by atoms with van der Waals surface area (Å²) in [6, 6.07) is 5.22. The van der Waals surface area contributed by atoms with Crippen LogP contribution in [-0.4, -0.2) is 34.7 Å². The van der Waals surface area contributed by atoms with Gasteiger partial charge in [0.2, 0.25) is 0 Å². The van der Waals surface area contributed by atoms with Crippen LogP contribution < -0.4 is 5.32 Å². The van der Waals surface area contributed by atoms with Gasteiger partial charge in [-0.05, 0) is 39.3 Å². The van der Waals surface area contributed by atoms with E-state index < -0.39 is 6.10 Å². The Labute approximate surface area is 119 Å². The molecular formula is C14H21ClN2O2. The lowest BCUT2D eigenvalue weighted by molar-refractivity contribution is 0.125. The first-order valence-corrected chi connectivity index (χ1v) is 6.71. The van der Waals surface area contributed by atoms with Crippen molar-refractivity contribution >= 4 is 23.3 Å². The first-order chi connectivity index (χ1) is 8.82. The highest BCUT2D eigenvalue weighted by atomic mass is 35.5. The number of amides is 2. The second-order valence-corrected chi connectivity index (χ2v) is 5.34. The zero-order valence-corrected chi connectivity index (χ0v) is 12.5. The monoisotopic (exact) mass is 284 g/mol. The summed E-state index contributed by atoms with van der Waals surface area (Å²) < 4.78 is 0. The molecule has 19 heavy (non-hydrogen) atoms. The number of halogens is 1. The number of nitrogens with one attached hydrogen (secondary N) is 1. The molecule has 1 rings (SSSR count). The molecule has 0 heterocycles. The minimum Gasteiger partial charge on any atom is -0.392 e. The number of aryl methyl sites for hydroxylation is 1. The van der Waals surface area contributed by atoms with Gasteiger partial charge in [-0.2, -0.15) is 0 Å². The number of carbonyl (C=O) groups excluding carboxylic acids is 1. The molecule has 1 unspecified atom stereocenters. The molecule has 0 saturated carbocycles. The van der Waals surface area contributed by atoms with Crippen LogP contribution in [0.4, 0.5) is 10.5 Å². The second-order valence-electron chi connectivity index (χ2n) is 4.96. The van der Waals surface area contributed by atoms with Crippen LogP contribution in [0.15, 0.2) is 18.2 Å². The highest BCUT2D eigenvalue weighted by Gasteiger charge is 2.19. The second kappa shape index (κ2) is 6.78. The Balaban J connectivity index is 2.84. The van der Waals surface area contributed by atoms with Gasteiger partial charge in [0.1, 0.15) is 0 Å². The van der Waals surface area contributed by atoms with Crippen molar-refractivity contribution in [1.82, 2.24) is 4.90 Å². The first-order valence-electron chi connectivity index (χ1n) is 6.33. The lowest BCUT2D eigenvalue weighted by Gasteiger charge is -2.28. The van der Waals surface area contributed by atoms with E-state index in [9.17, 15) is 9.90 Å². The number of aliphatic hydroxyl groups is 1. The van der Waals surface area contributed by atoms with Gasteiger partial charge < -0.3 is 15.3 Å². The van der Waals surface area contributed by atoms with E-state index in [1.807, 2.05) is 32.9 Å². The highest BCUT2D eigenvalue weighted by molar-refractivity contribution is 6.34. The van der Waals surface area contributed by atoms with E-state index in [0.29, 0.717) is 10.7 Å². The normalized spacial score (nSPS) is 12.4. The summed E-state index contributed by atoms with van der Waals surface area (Å²) in [5.41, 5.74) is 1.49. The molecule has 4 nitrogen and oxygen atoms in total. The Morgan fingerprint density at radius 3 is 2.58 bits per heavy atom. The summed E-state index contributed by atoms with van der Waals surface area (Å²) in [5.74, 6) is 0. The summed E-state index contributed by atoms with van der Waals surface area (Å²) in [4.78, 5) is 13.8. The van der Waals surface area contributed by atoms with Crippen molar-refractivity contribution in [2.24, 2.45) is 0 Å². The molecular weight excluding hydrogens is 264 g/mol. The van der Waals surface area contributed by atoms with Crippen LogP contribution in [0.3, 0.4) is 0 Å². The SMILES string of the molecule is Cc1cccc(NC(=O)N(CC(C)O)C(C)C)c1Cl. The quantitative estimate of drug-likeness (QED) is 0.891. The standard InChI is InChI=1S/C14H21ClN2O2/c1-9(2)17(8-11(4)18)14(19)16-12-7-5-6-10(3)13(12)15/h5-7,9,11,18H,8H2,1-4H3,(H,16,19).